The van der Waals surface area contributed by atoms with Gasteiger partial charge in [-0.25, -0.2) is 0 Å². The molecule has 0 radical (unpaired) electrons. The molecule has 2 amide bonds. The Morgan fingerprint density at radius 1 is 1.33 bits per heavy atom. The predicted molar refractivity (Wildman–Crippen MR) is 83.0 cm³/mol. The van der Waals surface area contributed by atoms with E-state index < -0.39 is 5.91 Å². The van der Waals surface area contributed by atoms with Crippen LogP contribution in [-0.2, 0) is 4.79 Å². The van der Waals surface area contributed by atoms with Crippen molar-refractivity contribution in [2.24, 2.45) is 11.7 Å². The van der Waals surface area contributed by atoms with E-state index in [-0.39, 0.29) is 5.91 Å². The average molecular weight is 290 g/mol. The van der Waals surface area contributed by atoms with Gasteiger partial charge in [0.2, 0.25) is 11.8 Å². The molecule has 6 heteroatoms. The topological polar surface area (TPSA) is 101 Å². The third kappa shape index (κ3) is 3.87. The third-order valence-electron chi connectivity index (χ3n) is 3.91. The number of rotatable bonds is 4. The first-order valence-corrected chi connectivity index (χ1v) is 7.16. The number of primary amides is 1. The normalized spacial score (nSPS) is 15.8. The summed E-state index contributed by atoms with van der Waals surface area (Å²) in [6.07, 6.45) is 2.02. The van der Waals surface area contributed by atoms with Gasteiger partial charge in [0.15, 0.2) is 0 Å². The van der Waals surface area contributed by atoms with Crippen molar-refractivity contribution in [3.63, 3.8) is 0 Å². The number of hydrogen-bond donors (Lipinski definition) is 3. The van der Waals surface area contributed by atoms with E-state index in [1.54, 1.807) is 12.1 Å². The molecule has 0 atom stereocenters. The van der Waals surface area contributed by atoms with Gasteiger partial charge in [-0.05, 0) is 37.0 Å². The van der Waals surface area contributed by atoms with Crippen LogP contribution in [0, 0.1) is 5.92 Å². The Hall–Kier alpha value is -2.24. The highest BCUT2D eigenvalue weighted by Crippen LogP contribution is 2.28. The van der Waals surface area contributed by atoms with Crippen LogP contribution in [0.25, 0.3) is 0 Å². The van der Waals surface area contributed by atoms with Crippen molar-refractivity contribution >= 4 is 23.2 Å². The molecule has 1 aliphatic heterocycles. The van der Waals surface area contributed by atoms with Gasteiger partial charge in [-0.2, -0.15) is 0 Å². The molecule has 114 valence electrons. The fraction of sp³-hybridized carbons (Fsp3) is 0.467. The molecular formula is C15H22N4O2. The van der Waals surface area contributed by atoms with Gasteiger partial charge in [0, 0.05) is 32.1 Å². The van der Waals surface area contributed by atoms with Crippen molar-refractivity contribution in [3.05, 3.63) is 23.8 Å². The second kappa shape index (κ2) is 6.47. The molecule has 1 saturated heterocycles. The van der Waals surface area contributed by atoms with Crippen molar-refractivity contribution in [1.82, 2.24) is 5.32 Å². The summed E-state index contributed by atoms with van der Waals surface area (Å²) in [4.78, 5) is 24.3. The van der Waals surface area contributed by atoms with E-state index in [0.29, 0.717) is 17.2 Å². The van der Waals surface area contributed by atoms with E-state index in [1.165, 1.54) is 6.92 Å². The molecule has 5 N–H and O–H groups in total. The molecule has 1 aromatic rings. The lowest BCUT2D eigenvalue weighted by atomic mass is 9.96. The minimum atomic E-state index is -0.470. The quantitative estimate of drug-likeness (QED) is 0.711. The van der Waals surface area contributed by atoms with E-state index in [4.69, 9.17) is 11.5 Å². The number of hydrogen-bond acceptors (Lipinski definition) is 4. The number of carbonyl (C=O) groups excluding carboxylic acids is 2. The minimum absolute atomic E-state index is 0.0173. The van der Waals surface area contributed by atoms with Crippen LogP contribution in [0.3, 0.4) is 0 Å². The first-order chi connectivity index (χ1) is 9.97. The van der Waals surface area contributed by atoms with E-state index >= 15 is 0 Å². The molecule has 0 unspecified atom stereocenters. The molecule has 21 heavy (non-hydrogen) atoms. The molecule has 2 rings (SSSR count). The molecule has 1 fully saturated rings. The highest BCUT2D eigenvalue weighted by molar-refractivity contribution is 5.94. The molecule has 0 aromatic heterocycles. The maximum Gasteiger partial charge on any atom is 0.248 e. The van der Waals surface area contributed by atoms with Crippen molar-refractivity contribution in [2.45, 2.75) is 19.8 Å². The Morgan fingerprint density at radius 2 is 2.00 bits per heavy atom. The van der Waals surface area contributed by atoms with Crippen LogP contribution >= 0.6 is 0 Å². The highest BCUT2D eigenvalue weighted by atomic mass is 16.1. The van der Waals surface area contributed by atoms with Gasteiger partial charge in [-0.1, -0.05) is 0 Å². The Kier molecular flexibility index (Phi) is 4.67. The number of nitrogens with one attached hydrogen (secondary N) is 1. The predicted octanol–water partition coefficient (Wildman–Crippen LogP) is 0.720. The number of benzene rings is 1. The lowest BCUT2D eigenvalue weighted by Gasteiger charge is -2.34. The largest absolute Gasteiger partial charge is 0.397 e. The Bertz CT molecular complexity index is 536. The molecule has 1 aliphatic rings. The molecule has 0 aliphatic carbocycles. The van der Waals surface area contributed by atoms with Crippen LogP contribution in [0.5, 0.6) is 0 Å². The van der Waals surface area contributed by atoms with Crippen molar-refractivity contribution < 1.29 is 9.59 Å². The zero-order chi connectivity index (χ0) is 15.4. The van der Waals surface area contributed by atoms with Gasteiger partial charge in [0.1, 0.15) is 0 Å². The summed E-state index contributed by atoms with van der Waals surface area (Å²) in [5.74, 6) is 0.0576. The highest BCUT2D eigenvalue weighted by Gasteiger charge is 2.21. The number of piperidine rings is 1. The van der Waals surface area contributed by atoms with Crippen LogP contribution in [0.4, 0.5) is 11.4 Å². The molecule has 1 aromatic carbocycles. The van der Waals surface area contributed by atoms with E-state index in [2.05, 4.69) is 10.2 Å². The van der Waals surface area contributed by atoms with Gasteiger partial charge in [-0.3, -0.25) is 9.59 Å². The average Bonchev–Trinajstić information content (AvgIpc) is 2.45. The molecular weight excluding hydrogens is 268 g/mol. The van der Waals surface area contributed by atoms with Crippen molar-refractivity contribution in [3.8, 4) is 0 Å². The summed E-state index contributed by atoms with van der Waals surface area (Å²) < 4.78 is 0. The summed E-state index contributed by atoms with van der Waals surface area (Å²) in [5.41, 5.74) is 13.2. The standard InChI is InChI=1S/C15H22N4O2/c1-10(20)18-9-11-4-6-19(7-5-11)14-3-2-12(15(17)21)8-13(14)16/h2-3,8,11H,4-7,9,16H2,1H3,(H2,17,21)(H,18,20). The van der Waals surface area contributed by atoms with Gasteiger partial charge >= 0.3 is 0 Å². The lowest BCUT2D eigenvalue weighted by Crippen LogP contribution is -2.38. The minimum Gasteiger partial charge on any atom is -0.397 e. The van der Waals surface area contributed by atoms with Crippen LogP contribution in [0.15, 0.2) is 18.2 Å². The zero-order valence-electron chi connectivity index (χ0n) is 12.3. The molecule has 6 nitrogen and oxygen atoms in total. The molecule has 0 saturated carbocycles. The van der Waals surface area contributed by atoms with E-state index in [1.807, 2.05) is 6.07 Å². The first kappa shape index (κ1) is 15.2. The lowest BCUT2D eigenvalue weighted by molar-refractivity contribution is -0.119. The second-order valence-electron chi connectivity index (χ2n) is 5.51. The van der Waals surface area contributed by atoms with Crippen molar-refractivity contribution in [2.75, 3.05) is 30.3 Å². The summed E-state index contributed by atoms with van der Waals surface area (Å²) in [6.45, 7) is 4.06. The number of nitrogens with zero attached hydrogens (tertiary/aromatic N) is 1. The maximum atomic E-state index is 11.1. The van der Waals surface area contributed by atoms with Crippen LogP contribution in [0.1, 0.15) is 30.1 Å². The number of nitrogen functional groups attached to an aromatic ring is 1. The Morgan fingerprint density at radius 3 is 2.52 bits per heavy atom. The number of anilines is 2. The van der Waals surface area contributed by atoms with Gasteiger partial charge in [0.05, 0.1) is 11.4 Å². The summed E-state index contributed by atoms with van der Waals surface area (Å²) in [7, 11) is 0. The number of carbonyl (C=O) groups is 2. The summed E-state index contributed by atoms with van der Waals surface area (Å²) >= 11 is 0. The van der Waals surface area contributed by atoms with Gasteiger partial charge in [0.25, 0.3) is 0 Å². The fourth-order valence-electron chi connectivity index (χ4n) is 2.66. The van der Waals surface area contributed by atoms with Crippen LogP contribution in [0.2, 0.25) is 0 Å². The van der Waals surface area contributed by atoms with Crippen LogP contribution in [-0.4, -0.2) is 31.4 Å². The van der Waals surface area contributed by atoms with Gasteiger partial charge in [-0.15, -0.1) is 0 Å². The second-order valence-corrected chi connectivity index (χ2v) is 5.51. The number of amides is 2. The summed E-state index contributed by atoms with van der Waals surface area (Å²) in [6, 6.07) is 5.18. The molecule has 0 spiro atoms. The molecule has 1 heterocycles. The van der Waals surface area contributed by atoms with Crippen LogP contribution < -0.4 is 21.7 Å². The van der Waals surface area contributed by atoms with Gasteiger partial charge < -0.3 is 21.7 Å². The first-order valence-electron chi connectivity index (χ1n) is 7.16. The van der Waals surface area contributed by atoms with E-state index in [9.17, 15) is 9.59 Å². The SMILES string of the molecule is CC(=O)NCC1CCN(c2ccc(C(N)=O)cc2N)CC1. The maximum absolute atomic E-state index is 11.1. The monoisotopic (exact) mass is 290 g/mol. The van der Waals surface area contributed by atoms with E-state index in [0.717, 1.165) is 38.2 Å². The Balaban J connectivity index is 1.96. The Labute approximate surface area is 124 Å². The molecule has 0 bridgehead atoms. The summed E-state index contributed by atoms with van der Waals surface area (Å²) in [5, 5.41) is 2.87. The fourth-order valence-corrected chi connectivity index (χ4v) is 2.66. The number of nitrogens with two attached hydrogens (primary N) is 2. The zero-order valence-corrected chi connectivity index (χ0v) is 12.3. The smallest absolute Gasteiger partial charge is 0.248 e. The van der Waals surface area contributed by atoms with Crippen molar-refractivity contribution in [1.29, 1.82) is 0 Å². The third-order valence-corrected chi connectivity index (χ3v) is 3.91.